The van der Waals surface area contributed by atoms with Crippen molar-refractivity contribution in [3.8, 4) is 17.2 Å². The first-order chi connectivity index (χ1) is 20.4. The van der Waals surface area contributed by atoms with Gasteiger partial charge in [0.1, 0.15) is 12.4 Å². The highest BCUT2D eigenvalue weighted by Crippen LogP contribution is 2.36. The standard InChI is InChI=1S/C31H24BrIN2O6S/c1-3-22-26(30(37)38-2)27(19-7-5-4-6-8-19)35-29(36)25(42-31(35)34-22)14-18-11-20(32)28(21(33)12-18)39-15-17-9-10-23-24(13-17)41-16-40-23/h4-14,27H,3,15-16H2,1-2H3/b25-14-/t27-/m1/s1. The highest BCUT2D eigenvalue weighted by Gasteiger charge is 2.33. The van der Waals surface area contributed by atoms with Gasteiger partial charge in [-0.15, -0.1) is 0 Å². The number of allylic oxidation sites excluding steroid dienone is 1. The number of nitrogens with zero attached hydrogens (tertiary/aromatic N) is 2. The molecule has 0 aliphatic carbocycles. The molecule has 0 radical (unpaired) electrons. The second-order valence-corrected chi connectivity index (χ2v) is 12.5. The number of fused-ring (bicyclic) bond motifs is 2. The molecule has 0 N–H and O–H groups in total. The van der Waals surface area contributed by atoms with E-state index >= 15 is 0 Å². The number of thiazole rings is 1. The highest BCUT2D eigenvalue weighted by molar-refractivity contribution is 14.1. The number of carbonyl (C=O) groups is 1. The smallest absolute Gasteiger partial charge is 0.338 e. The lowest BCUT2D eigenvalue weighted by atomic mass is 9.95. The number of rotatable bonds is 7. The highest BCUT2D eigenvalue weighted by atomic mass is 127. The number of esters is 1. The van der Waals surface area contributed by atoms with Gasteiger partial charge in [0.2, 0.25) is 6.79 Å². The molecule has 0 unspecified atom stereocenters. The van der Waals surface area contributed by atoms with Crippen LogP contribution in [0, 0.1) is 3.57 Å². The van der Waals surface area contributed by atoms with Gasteiger partial charge in [-0.25, -0.2) is 9.79 Å². The van der Waals surface area contributed by atoms with E-state index in [1.54, 1.807) is 4.57 Å². The predicted octanol–water partition coefficient (Wildman–Crippen LogP) is 5.47. The number of carbonyl (C=O) groups excluding carboxylic acids is 1. The van der Waals surface area contributed by atoms with Crippen LogP contribution in [0.2, 0.25) is 0 Å². The van der Waals surface area contributed by atoms with Crippen LogP contribution < -0.4 is 29.1 Å². The first-order valence-electron chi connectivity index (χ1n) is 13.1. The summed E-state index contributed by atoms with van der Waals surface area (Å²) in [6, 6.07) is 18.5. The van der Waals surface area contributed by atoms with Gasteiger partial charge in [0.25, 0.3) is 5.56 Å². The molecule has 6 rings (SSSR count). The predicted molar refractivity (Wildman–Crippen MR) is 171 cm³/mol. The van der Waals surface area contributed by atoms with Gasteiger partial charge in [0.05, 0.1) is 37.0 Å². The fourth-order valence-electron chi connectivity index (χ4n) is 4.95. The average molecular weight is 759 g/mol. The van der Waals surface area contributed by atoms with Gasteiger partial charge >= 0.3 is 5.97 Å². The van der Waals surface area contributed by atoms with Crippen LogP contribution in [0.3, 0.4) is 0 Å². The van der Waals surface area contributed by atoms with Crippen molar-refractivity contribution in [2.75, 3.05) is 13.9 Å². The molecule has 42 heavy (non-hydrogen) atoms. The Balaban J connectivity index is 1.36. The minimum atomic E-state index is -0.633. The number of benzene rings is 3. The van der Waals surface area contributed by atoms with Crippen LogP contribution in [0.1, 0.15) is 36.1 Å². The van der Waals surface area contributed by atoms with Crippen molar-refractivity contribution in [3.05, 3.63) is 116 Å². The van der Waals surface area contributed by atoms with Crippen LogP contribution in [-0.2, 0) is 16.1 Å². The van der Waals surface area contributed by atoms with Crippen molar-refractivity contribution in [2.45, 2.75) is 26.0 Å². The normalized spacial score (nSPS) is 15.8. The van der Waals surface area contributed by atoms with E-state index < -0.39 is 12.0 Å². The molecule has 1 aromatic heterocycles. The third kappa shape index (κ3) is 5.40. The average Bonchev–Trinajstić information content (AvgIpc) is 3.59. The van der Waals surface area contributed by atoms with Gasteiger partial charge in [-0.2, -0.15) is 0 Å². The molecule has 2 aliphatic heterocycles. The van der Waals surface area contributed by atoms with Crippen LogP contribution in [0.25, 0.3) is 6.08 Å². The number of aromatic nitrogens is 1. The summed E-state index contributed by atoms with van der Waals surface area (Å²) in [4.78, 5) is 32.1. The largest absolute Gasteiger partial charge is 0.487 e. The second kappa shape index (κ2) is 12.1. The lowest BCUT2D eigenvalue weighted by Gasteiger charge is -2.25. The van der Waals surface area contributed by atoms with Crippen molar-refractivity contribution in [3.63, 3.8) is 0 Å². The monoisotopic (exact) mass is 758 g/mol. The minimum Gasteiger partial charge on any atom is -0.487 e. The van der Waals surface area contributed by atoms with Crippen LogP contribution >= 0.6 is 49.9 Å². The summed E-state index contributed by atoms with van der Waals surface area (Å²) in [5.41, 5.74) is 3.37. The Bertz CT molecular complexity index is 1890. The van der Waals surface area contributed by atoms with E-state index in [0.717, 1.165) is 30.5 Å². The maximum absolute atomic E-state index is 13.9. The van der Waals surface area contributed by atoms with Gasteiger partial charge in [0, 0.05) is 0 Å². The van der Waals surface area contributed by atoms with E-state index in [4.69, 9.17) is 23.9 Å². The second-order valence-electron chi connectivity index (χ2n) is 9.49. The van der Waals surface area contributed by atoms with Crippen molar-refractivity contribution in [1.82, 2.24) is 4.57 Å². The molecular weight excluding hydrogens is 735 g/mol. The first-order valence-corrected chi connectivity index (χ1v) is 15.7. The van der Waals surface area contributed by atoms with E-state index in [0.29, 0.717) is 45.1 Å². The van der Waals surface area contributed by atoms with Crippen molar-refractivity contribution in [1.29, 1.82) is 0 Å². The zero-order chi connectivity index (χ0) is 29.4. The van der Waals surface area contributed by atoms with Gasteiger partial charge in [0.15, 0.2) is 16.3 Å². The summed E-state index contributed by atoms with van der Waals surface area (Å²) in [6.45, 7) is 2.51. The van der Waals surface area contributed by atoms with Crippen molar-refractivity contribution >= 4 is 61.9 Å². The molecule has 0 amide bonds. The summed E-state index contributed by atoms with van der Waals surface area (Å²) >= 11 is 7.18. The summed E-state index contributed by atoms with van der Waals surface area (Å²) in [6.07, 6.45) is 2.37. The molecule has 0 fully saturated rings. The third-order valence-electron chi connectivity index (χ3n) is 6.90. The molecule has 0 saturated heterocycles. The number of halogens is 2. The Kier molecular flexibility index (Phi) is 8.24. The summed E-state index contributed by atoms with van der Waals surface area (Å²) in [5.74, 6) is 1.65. The fourth-order valence-corrected chi connectivity index (χ4v) is 7.74. The molecule has 3 aromatic carbocycles. The Morgan fingerprint density at radius 1 is 1.17 bits per heavy atom. The van der Waals surface area contributed by atoms with Gasteiger partial charge in [-0.05, 0) is 92.0 Å². The maximum atomic E-state index is 13.9. The molecule has 4 aromatic rings. The molecule has 3 heterocycles. The van der Waals surface area contributed by atoms with Crippen LogP contribution in [0.4, 0.5) is 0 Å². The van der Waals surface area contributed by atoms with E-state index in [9.17, 15) is 9.59 Å². The molecule has 11 heteroatoms. The Hall–Kier alpha value is -3.42. The molecule has 0 bridgehead atoms. The van der Waals surface area contributed by atoms with Crippen LogP contribution in [0.15, 0.2) is 86.2 Å². The lowest BCUT2D eigenvalue weighted by Crippen LogP contribution is -2.40. The molecule has 0 saturated carbocycles. The summed E-state index contributed by atoms with van der Waals surface area (Å²) in [5, 5.41) is 0. The number of hydrogen-bond acceptors (Lipinski definition) is 8. The van der Waals surface area contributed by atoms with Gasteiger partial charge < -0.3 is 18.9 Å². The lowest BCUT2D eigenvalue weighted by molar-refractivity contribution is -0.136. The molecular formula is C31H24BrIN2O6S. The van der Waals surface area contributed by atoms with E-state index in [2.05, 4.69) is 38.5 Å². The van der Waals surface area contributed by atoms with E-state index in [1.165, 1.54) is 18.4 Å². The first kappa shape index (κ1) is 28.7. The zero-order valence-electron chi connectivity index (χ0n) is 22.6. The molecule has 8 nitrogen and oxygen atoms in total. The Labute approximate surface area is 267 Å². The molecule has 0 spiro atoms. The maximum Gasteiger partial charge on any atom is 0.338 e. The Morgan fingerprint density at radius 3 is 2.69 bits per heavy atom. The van der Waals surface area contributed by atoms with Gasteiger partial charge in [-0.3, -0.25) is 9.36 Å². The fraction of sp³-hybridized carbons (Fsp3) is 0.194. The number of methoxy groups -OCH3 is 1. The van der Waals surface area contributed by atoms with Crippen molar-refractivity contribution < 1.29 is 23.7 Å². The topological polar surface area (TPSA) is 88.4 Å². The van der Waals surface area contributed by atoms with Crippen LogP contribution in [0.5, 0.6) is 17.2 Å². The van der Waals surface area contributed by atoms with E-state index in [1.807, 2.05) is 73.7 Å². The minimum absolute atomic E-state index is 0.224. The quantitative estimate of drug-likeness (QED) is 0.184. The van der Waals surface area contributed by atoms with Crippen LogP contribution in [-0.4, -0.2) is 24.4 Å². The van der Waals surface area contributed by atoms with Crippen molar-refractivity contribution in [2.24, 2.45) is 4.99 Å². The molecule has 2 aliphatic rings. The summed E-state index contributed by atoms with van der Waals surface area (Å²) < 4.78 is 25.9. The SMILES string of the molecule is CCC1=C(C(=O)OC)[C@@H](c2ccccc2)n2c(s/c(=C\c3cc(Br)c(OCc4ccc5c(c4)OCO5)c(I)c3)c2=O)=N1. The third-order valence-corrected chi connectivity index (χ3v) is 9.28. The summed E-state index contributed by atoms with van der Waals surface area (Å²) in [7, 11) is 1.34. The Morgan fingerprint density at radius 2 is 1.95 bits per heavy atom. The molecule has 214 valence electrons. The van der Waals surface area contributed by atoms with E-state index in [-0.39, 0.29) is 12.4 Å². The number of hydrogen-bond donors (Lipinski definition) is 0. The number of ether oxygens (including phenoxy) is 4. The zero-order valence-corrected chi connectivity index (χ0v) is 27.1. The molecule has 1 atom stereocenters. The van der Waals surface area contributed by atoms with Gasteiger partial charge in [-0.1, -0.05) is 54.7 Å².